The second kappa shape index (κ2) is 6.85. The van der Waals surface area contributed by atoms with Gasteiger partial charge in [0.1, 0.15) is 5.75 Å². The van der Waals surface area contributed by atoms with Gasteiger partial charge in [-0.15, -0.1) is 5.10 Å². The Morgan fingerprint density at radius 3 is 3.05 bits per heavy atom. The van der Waals surface area contributed by atoms with Crippen LogP contribution >= 0.6 is 11.6 Å². The number of ether oxygens (including phenoxy) is 1. The minimum atomic E-state index is -0.178. The van der Waals surface area contributed by atoms with E-state index in [1.165, 1.54) is 0 Å². The van der Waals surface area contributed by atoms with E-state index in [0.717, 1.165) is 11.3 Å². The highest BCUT2D eigenvalue weighted by atomic mass is 35.5. The number of tetrazole rings is 1. The van der Waals surface area contributed by atoms with Gasteiger partial charge in [-0.25, -0.2) is 0 Å². The number of anilines is 1. The van der Waals surface area contributed by atoms with Crippen LogP contribution in [0.2, 0.25) is 5.02 Å². The zero-order valence-corrected chi connectivity index (χ0v) is 11.6. The summed E-state index contributed by atoms with van der Waals surface area (Å²) in [6.45, 7) is 2.37. The molecule has 0 spiro atoms. The molecule has 8 heteroatoms. The first-order valence-corrected chi connectivity index (χ1v) is 6.45. The van der Waals surface area contributed by atoms with Gasteiger partial charge in [-0.1, -0.05) is 16.7 Å². The van der Waals surface area contributed by atoms with E-state index < -0.39 is 0 Å². The van der Waals surface area contributed by atoms with Crippen molar-refractivity contribution in [3.63, 3.8) is 0 Å². The van der Waals surface area contributed by atoms with Gasteiger partial charge in [-0.05, 0) is 42.3 Å². The molecular weight excluding hydrogens is 282 g/mol. The van der Waals surface area contributed by atoms with Crippen LogP contribution in [0, 0.1) is 6.92 Å². The van der Waals surface area contributed by atoms with Crippen molar-refractivity contribution >= 4 is 23.5 Å². The largest absolute Gasteiger partial charge is 0.493 e. The number of rotatable bonds is 6. The number of aromatic nitrogens is 4. The van der Waals surface area contributed by atoms with E-state index in [1.54, 1.807) is 6.07 Å². The fourth-order valence-electron chi connectivity index (χ4n) is 1.59. The average Bonchev–Trinajstić information content (AvgIpc) is 2.89. The number of aromatic amines is 1. The molecule has 0 atom stereocenters. The van der Waals surface area contributed by atoms with Crippen molar-refractivity contribution in [3.8, 4) is 5.75 Å². The van der Waals surface area contributed by atoms with Gasteiger partial charge in [0.05, 0.1) is 6.61 Å². The zero-order chi connectivity index (χ0) is 14.4. The van der Waals surface area contributed by atoms with Gasteiger partial charge < -0.3 is 4.74 Å². The number of carbonyl (C=O) groups excluding carboxylic acids is 1. The molecular formula is C12H14ClN5O2. The molecule has 2 rings (SSSR count). The molecule has 2 N–H and O–H groups in total. The monoisotopic (exact) mass is 295 g/mol. The Morgan fingerprint density at radius 1 is 1.50 bits per heavy atom. The molecule has 0 bridgehead atoms. The molecule has 1 aromatic heterocycles. The topological polar surface area (TPSA) is 92.8 Å². The molecule has 1 heterocycles. The van der Waals surface area contributed by atoms with Crippen LogP contribution in [0.4, 0.5) is 5.95 Å². The molecule has 0 aliphatic carbocycles. The molecule has 0 radical (unpaired) electrons. The first-order chi connectivity index (χ1) is 9.65. The zero-order valence-electron chi connectivity index (χ0n) is 10.9. The number of halogens is 1. The first-order valence-electron chi connectivity index (χ1n) is 6.07. The van der Waals surface area contributed by atoms with E-state index in [1.807, 2.05) is 19.1 Å². The van der Waals surface area contributed by atoms with Gasteiger partial charge in [0.25, 0.3) is 5.95 Å². The number of amides is 1. The van der Waals surface area contributed by atoms with Gasteiger partial charge in [0.15, 0.2) is 0 Å². The Labute approximate surface area is 120 Å². The fourth-order valence-corrected chi connectivity index (χ4v) is 1.82. The third-order valence-electron chi connectivity index (χ3n) is 2.54. The number of hydrogen-bond acceptors (Lipinski definition) is 5. The normalized spacial score (nSPS) is 10.3. The summed E-state index contributed by atoms with van der Waals surface area (Å²) in [7, 11) is 0. The quantitative estimate of drug-likeness (QED) is 0.795. The standard InChI is InChI=1S/C12H14ClN5O2/c1-8-7-9(13)4-5-10(8)20-6-2-3-11(19)14-12-15-17-18-16-12/h4-5,7H,2-3,6H2,1H3,(H2,14,15,16,17,18,19). The Morgan fingerprint density at radius 2 is 2.35 bits per heavy atom. The van der Waals surface area contributed by atoms with Crippen molar-refractivity contribution in [3.05, 3.63) is 28.8 Å². The molecule has 1 amide bonds. The molecule has 7 nitrogen and oxygen atoms in total. The Kier molecular flexibility index (Phi) is 4.89. The minimum absolute atomic E-state index is 0.171. The van der Waals surface area contributed by atoms with E-state index in [4.69, 9.17) is 16.3 Å². The second-order valence-electron chi connectivity index (χ2n) is 4.15. The highest BCUT2D eigenvalue weighted by Crippen LogP contribution is 2.21. The van der Waals surface area contributed by atoms with Crippen LogP contribution in [0.1, 0.15) is 18.4 Å². The minimum Gasteiger partial charge on any atom is -0.493 e. The summed E-state index contributed by atoms with van der Waals surface area (Å²) < 4.78 is 5.59. The molecule has 2 aromatic rings. The number of hydrogen-bond donors (Lipinski definition) is 2. The van der Waals surface area contributed by atoms with Crippen molar-refractivity contribution in [1.82, 2.24) is 20.6 Å². The molecule has 106 valence electrons. The second-order valence-corrected chi connectivity index (χ2v) is 4.58. The highest BCUT2D eigenvalue weighted by Gasteiger charge is 2.06. The van der Waals surface area contributed by atoms with Gasteiger partial charge in [0, 0.05) is 11.4 Å². The van der Waals surface area contributed by atoms with Gasteiger partial charge in [-0.2, -0.15) is 5.21 Å². The highest BCUT2D eigenvalue weighted by molar-refractivity contribution is 6.30. The number of aryl methyl sites for hydroxylation is 1. The number of benzene rings is 1. The SMILES string of the molecule is Cc1cc(Cl)ccc1OCCCC(=O)Nc1nn[nH]n1. The van der Waals surface area contributed by atoms with Crippen molar-refractivity contribution < 1.29 is 9.53 Å². The van der Waals surface area contributed by atoms with Crippen LogP contribution in [0.3, 0.4) is 0 Å². The lowest BCUT2D eigenvalue weighted by atomic mass is 10.2. The maximum absolute atomic E-state index is 11.5. The van der Waals surface area contributed by atoms with Crippen molar-refractivity contribution in [2.45, 2.75) is 19.8 Å². The first kappa shape index (κ1) is 14.3. The molecule has 0 saturated carbocycles. The third-order valence-corrected chi connectivity index (χ3v) is 2.77. The van der Waals surface area contributed by atoms with E-state index in [2.05, 4.69) is 25.9 Å². The number of H-pyrrole nitrogens is 1. The van der Waals surface area contributed by atoms with Crippen molar-refractivity contribution in [2.24, 2.45) is 0 Å². The van der Waals surface area contributed by atoms with E-state index in [-0.39, 0.29) is 11.9 Å². The van der Waals surface area contributed by atoms with Gasteiger partial charge in [-0.3, -0.25) is 10.1 Å². The number of nitrogens with zero attached hydrogens (tertiary/aromatic N) is 3. The Balaban J connectivity index is 1.69. The summed E-state index contributed by atoms with van der Waals surface area (Å²) in [6, 6.07) is 5.42. The summed E-state index contributed by atoms with van der Waals surface area (Å²) in [5, 5.41) is 16.0. The lowest BCUT2D eigenvalue weighted by Gasteiger charge is -2.08. The molecule has 0 fully saturated rings. The van der Waals surface area contributed by atoms with Crippen molar-refractivity contribution in [1.29, 1.82) is 0 Å². The lowest BCUT2D eigenvalue weighted by molar-refractivity contribution is -0.116. The smallest absolute Gasteiger partial charge is 0.269 e. The summed E-state index contributed by atoms with van der Waals surface area (Å²) in [5.74, 6) is 0.764. The van der Waals surface area contributed by atoms with Crippen LogP contribution in [-0.2, 0) is 4.79 Å². The molecule has 0 unspecified atom stereocenters. The van der Waals surface area contributed by atoms with Gasteiger partial charge >= 0.3 is 0 Å². The molecule has 1 aromatic carbocycles. The van der Waals surface area contributed by atoms with Crippen LogP contribution < -0.4 is 10.1 Å². The van der Waals surface area contributed by atoms with Crippen LogP contribution in [0.25, 0.3) is 0 Å². The number of carbonyl (C=O) groups is 1. The lowest BCUT2D eigenvalue weighted by Crippen LogP contribution is -2.14. The van der Waals surface area contributed by atoms with Crippen LogP contribution in [0.15, 0.2) is 18.2 Å². The maximum atomic E-state index is 11.5. The van der Waals surface area contributed by atoms with E-state index in [9.17, 15) is 4.79 Å². The summed E-state index contributed by atoms with van der Waals surface area (Å²) in [6.07, 6.45) is 0.910. The Bertz CT molecular complexity index is 573. The summed E-state index contributed by atoms with van der Waals surface area (Å²) >= 11 is 5.86. The molecule has 20 heavy (non-hydrogen) atoms. The van der Waals surface area contributed by atoms with Crippen LogP contribution in [0.5, 0.6) is 5.75 Å². The summed E-state index contributed by atoms with van der Waals surface area (Å²) in [5.41, 5.74) is 0.966. The maximum Gasteiger partial charge on any atom is 0.269 e. The van der Waals surface area contributed by atoms with E-state index in [0.29, 0.717) is 24.5 Å². The third kappa shape index (κ3) is 4.20. The fraction of sp³-hybridized carbons (Fsp3) is 0.333. The van der Waals surface area contributed by atoms with Gasteiger partial charge in [0.2, 0.25) is 5.91 Å². The molecule has 0 aliphatic rings. The average molecular weight is 296 g/mol. The Hall–Kier alpha value is -2.15. The predicted molar refractivity (Wildman–Crippen MR) is 73.7 cm³/mol. The van der Waals surface area contributed by atoms with E-state index >= 15 is 0 Å². The molecule has 0 aliphatic heterocycles. The van der Waals surface area contributed by atoms with Crippen LogP contribution in [-0.4, -0.2) is 33.1 Å². The van der Waals surface area contributed by atoms with Crippen molar-refractivity contribution in [2.75, 3.05) is 11.9 Å². The number of nitrogens with one attached hydrogen (secondary N) is 2. The molecule has 0 saturated heterocycles. The summed E-state index contributed by atoms with van der Waals surface area (Å²) in [4.78, 5) is 11.5. The predicted octanol–water partition coefficient (Wildman–Crippen LogP) is 1.96.